The summed E-state index contributed by atoms with van der Waals surface area (Å²) in [6, 6.07) is 6.51. The molecule has 0 amide bonds. The molecule has 1 fully saturated rings. The fourth-order valence-electron chi connectivity index (χ4n) is 2.41. The summed E-state index contributed by atoms with van der Waals surface area (Å²) in [5, 5.41) is 10.2. The standard InChI is InChI=1S/C17H14F4N4/c18-14-5-2-12(3-6-14)1-4-13-11-15(25-9-7-22-8-10-25)23-24-16(13)17(19,20)21/h2-3,5-6,11,22H,7-10H2. The van der Waals surface area contributed by atoms with Crippen LogP contribution in [0.1, 0.15) is 16.8 Å². The van der Waals surface area contributed by atoms with E-state index in [0.29, 0.717) is 24.5 Å². The van der Waals surface area contributed by atoms with Crippen LogP contribution >= 0.6 is 0 Å². The molecule has 130 valence electrons. The van der Waals surface area contributed by atoms with Gasteiger partial charge >= 0.3 is 6.18 Å². The first-order valence-electron chi connectivity index (χ1n) is 7.62. The van der Waals surface area contributed by atoms with Crippen LogP contribution in [0, 0.1) is 17.7 Å². The van der Waals surface area contributed by atoms with Crippen LogP contribution in [0.15, 0.2) is 30.3 Å². The number of nitrogens with one attached hydrogen (secondary N) is 1. The summed E-state index contributed by atoms with van der Waals surface area (Å²) in [6.07, 6.45) is -4.65. The molecule has 0 spiro atoms. The minimum absolute atomic E-state index is 0.250. The van der Waals surface area contributed by atoms with Crippen LogP contribution in [0.5, 0.6) is 0 Å². The smallest absolute Gasteiger partial charge is 0.353 e. The first kappa shape index (κ1) is 17.2. The molecular formula is C17H14F4N4. The highest BCUT2D eigenvalue weighted by molar-refractivity contribution is 5.51. The number of hydrogen-bond acceptors (Lipinski definition) is 4. The van der Waals surface area contributed by atoms with E-state index in [4.69, 9.17) is 0 Å². The molecule has 0 saturated carbocycles. The van der Waals surface area contributed by atoms with Gasteiger partial charge in [0.1, 0.15) is 5.82 Å². The van der Waals surface area contributed by atoms with Crippen molar-refractivity contribution in [2.75, 3.05) is 31.1 Å². The van der Waals surface area contributed by atoms with Gasteiger partial charge in [-0.2, -0.15) is 13.2 Å². The Morgan fingerprint density at radius 2 is 1.68 bits per heavy atom. The molecule has 1 aliphatic heterocycles. The second-order valence-electron chi connectivity index (χ2n) is 5.46. The Morgan fingerprint density at radius 1 is 1.00 bits per heavy atom. The minimum atomic E-state index is -4.65. The summed E-state index contributed by atoms with van der Waals surface area (Å²) >= 11 is 0. The lowest BCUT2D eigenvalue weighted by Crippen LogP contribution is -2.44. The van der Waals surface area contributed by atoms with Gasteiger partial charge in [-0.15, -0.1) is 10.2 Å². The maximum atomic E-state index is 13.2. The summed E-state index contributed by atoms with van der Waals surface area (Å²) in [7, 11) is 0. The predicted molar refractivity (Wildman–Crippen MR) is 84.5 cm³/mol. The van der Waals surface area contributed by atoms with Crippen molar-refractivity contribution >= 4 is 5.82 Å². The molecule has 1 aromatic heterocycles. The molecule has 3 rings (SSSR count). The zero-order valence-electron chi connectivity index (χ0n) is 13.1. The van der Waals surface area contributed by atoms with Crippen LogP contribution in [0.25, 0.3) is 0 Å². The molecular weight excluding hydrogens is 336 g/mol. The largest absolute Gasteiger partial charge is 0.436 e. The van der Waals surface area contributed by atoms with Gasteiger partial charge in [0.2, 0.25) is 0 Å². The van der Waals surface area contributed by atoms with Crippen molar-refractivity contribution in [3.8, 4) is 11.8 Å². The second kappa shape index (κ2) is 7.07. The van der Waals surface area contributed by atoms with Crippen molar-refractivity contribution in [2.24, 2.45) is 0 Å². The van der Waals surface area contributed by atoms with E-state index in [1.54, 1.807) is 0 Å². The molecule has 2 heterocycles. The maximum absolute atomic E-state index is 13.2. The highest BCUT2D eigenvalue weighted by Gasteiger charge is 2.36. The van der Waals surface area contributed by atoms with Crippen LogP contribution in [0.2, 0.25) is 0 Å². The van der Waals surface area contributed by atoms with Crippen LogP contribution in [0.4, 0.5) is 23.4 Å². The lowest BCUT2D eigenvalue weighted by molar-refractivity contribution is -0.141. The van der Waals surface area contributed by atoms with E-state index < -0.39 is 17.7 Å². The van der Waals surface area contributed by atoms with E-state index in [-0.39, 0.29) is 5.56 Å². The Balaban J connectivity index is 1.97. The van der Waals surface area contributed by atoms with Gasteiger partial charge in [0.15, 0.2) is 11.5 Å². The second-order valence-corrected chi connectivity index (χ2v) is 5.46. The summed E-state index contributed by atoms with van der Waals surface area (Å²) in [4.78, 5) is 1.85. The monoisotopic (exact) mass is 350 g/mol. The molecule has 0 aliphatic carbocycles. The van der Waals surface area contributed by atoms with Crippen LogP contribution < -0.4 is 10.2 Å². The molecule has 25 heavy (non-hydrogen) atoms. The number of alkyl halides is 3. The average molecular weight is 350 g/mol. The summed E-state index contributed by atoms with van der Waals surface area (Å²) in [5.74, 6) is 5.04. The zero-order valence-corrected chi connectivity index (χ0v) is 13.1. The van der Waals surface area contributed by atoms with Crippen molar-refractivity contribution < 1.29 is 17.6 Å². The Bertz CT molecular complexity index is 800. The van der Waals surface area contributed by atoms with E-state index in [1.807, 2.05) is 4.90 Å². The highest BCUT2D eigenvalue weighted by atomic mass is 19.4. The number of hydrogen-bond donors (Lipinski definition) is 1. The number of halogens is 4. The van der Waals surface area contributed by atoms with Crippen molar-refractivity contribution in [3.05, 3.63) is 53.0 Å². The van der Waals surface area contributed by atoms with E-state index in [2.05, 4.69) is 27.4 Å². The van der Waals surface area contributed by atoms with E-state index >= 15 is 0 Å². The van der Waals surface area contributed by atoms with E-state index in [0.717, 1.165) is 13.1 Å². The average Bonchev–Trinajstić information content (AvgIpc) is 2.61. The van der Waals surface area contributed by atoms with Crippen molar-refractivity contribution in [2.45, 2.75) is 6.18 Å². The van der Waals surface area contributed by atoms with Crippen LogP contribution in [0.3, 0.4) is 0 Å². The molecule has 2 aromatic rings. The molecule has 1 aliphatic rings. The summed E-state index contributed by atoms with van der Waals surface area (Å²) in [6.45, 7) is 2.70. The van der Waals surface area contributed by atoms with Gasteiger partial charge in [-0.1, -0.05) is 11.8 Å². The van der Waals surface area contributed by atoms with Crippen LogP contribution in [-0.2, 0) is 6.18 Å². The van der Waals surface area contributed by atoms with Gasteiger partial charge in [0.25, 0.3) is 0 Å². The third-order valence-electron chi connectivity index (χ3n) is 3.68. The Kier molecular flexibility index (Phi) is 4.86. The first-order valence-corrected chi connectivity index (χ1v) is 7.62. The summed E-state index contributed by atoms with van der Waals surface area (Å²) < 4.78 is 52.4. The fraction of sp³-hybridized carbons (Fsp3) is 0.294. The van der Waals surface area contributed by atoms with Crippen molar-refractivity contribution in [1.82, 2.24) is 15.5 Å². The molecule has 1 N–H and O–H groups in total. The Hall–Kier alpha value is -2.66. The van der Waals surface area contributed by atoms with Gasteiger partial charge in [-0.05, 0) is 24.3 Å². The van der Waals surface area contributed by atoms with Crippen molar-refractivity contribution in [1.29, 1.82) is 0 Å². The number of piperazine rings is 1. The van der Waals surface area contributed by atoms with E-state index in [1.165, 1.54) is 30.3 Å². The molecule has 8 heteroatoms. The first-order chi connectivity index (χ1) is 11.9. The van der Waals surface area contributed by atoms with Crippen LogP contribution in [-0.4, -0.2) is 36.4 Å². The lowest BCUT2D eigenvalue weighted by atomic mass is 10.1. The number of rotatable bonds is 1. The number of aromatic nitrogens is 2. The fourth-order valence-corrected chi connectivity index (χ4v) is 2.41. The molecule has 0 bridgehead atoms. The molecule has 4 nitrogen and oxygen atoms in total. The molecule has 1 aromatic carbocycles. The number of anilines is 1. The van der Waals surface area contributed by atoms with Gasteiger partial charge in [0.05, 0.1) is 5.56 Å². The van der Waals surface area contributed by atoms with E-state index in [9.17, 15) is 17.6 Å². The predicted octanol–water partition coefficient (Wildman–Crippen LogP) is 2.44. The van der Waals surface area contributed by atoms with Gasteiger partial charge < -0.3 is 10.2 Å². The Labute approximate surface area is 141 Å². The Morgan fingerprint density at radius 3 is 2.32 bits per heavy atom. The quantitative estimate of drug-likeness (QED) is 0.634. The van der Waals surface area contributed by atoms with Gasteiger partial charge in [-0.25, -0.2) is 4.39 Å². The van der Waals surface area contributed by atoms with Crippen molar-refractivity contribution in [3.63, 3.8) is 0 Å². The van der Waals surface area contributed by atoms with Gasteiger partial charge in [0, 0.05) is 37.8 Å². The zero-order chi connectivity index (χ0) is 17.9. The number of benzene rings is 1. The minimum Gasteiger partial charge on any atom is -0.353 e. The normalized spacial score (nSPS) is 14.8. The topological polar surface area (TPSA) is 41.0 Å². The third-order valence-corrected chi connectivity index (χ3v) is 3.68. The van der Waals surface area contributed by atoms with Gasteiger partial charge in [-0.3, -0.25) is 0 Å². The lowest BCUT2D eigenvalue weighted by Gasteiger charge is -2.28. The SMILES string of the molecule is Fc1ccc(C#Cc2cc(N3CCNCC3)nnc2C(F)(F)F)cc1. The highest BCUT2D eigenvalue weighted by Crippen LogP contribution is 2.30. The summed E-state index contributed by atoms with van der Waals surface area (Å²) in [5.41, 5.74) is -0.962. The maximum Gasteiger partial charge on any atom is 0.436 e. The molecule has 0 radical (unpaired) electrons. The molecule has 0 atom stereocenters. The molecule has 1 saturated heterocycles. The third kappa shape index (κ3) is 4.25. The number of nitrogens with zero attached hydrogens (tertiary/aromatic N) is 3. The molecule has 0 unspecified atom stereocenters.